The molecule has 0 aliphatic heterocycles. The molecule has 0 aliphatic carbocycles. The summed E-state index contributed by atoms with van der Waals surface area (Å²) in [5.41, 5.74) is 3.75. The van der Waals surface area contributed by atoms with E-state index < -0.39 is 0 Å². The van der Waals surface area contributed by atoms with Crippen molar-refractivity contribution >= 4 is 11.0 Å². The first-order chi connectivity index (χ1) is 6.74. The van der Waals surface area contributed by atoms with Gasteiger partial charge in [-0.2, -0.15) is 0 Å². The predicted octanol–water partition coefficient (Wildman–Crippen LogP) is 3.09. The van der Waals surface area contributed by atoms with Gasteiger partial charge in [-0.05, 0) is 30.0 Å². The van der Waals surface area contributed by atoms with E-state index in [4.69, 9.17) is 0 Å². The summed E-state index contributed by atoms with van der Waals surface area (Å²) in [4.78, 5) is 4.45. The van der Waals surface area contributed by atoms with Crippen LogP contribution in [0.3, 0.4) is 0 Å². The maximum absolute atomic E-state index is 4.45. The largest absolute Gasteiger partial charge is 0.349 e. The molecule has 0 spiro atoms. The van der Waals surface area contributed by atoms with Gasteiger partial charge in [0, 0.05) is 19.4 Å². The molecular weight excluding hydrogens is 172 g/mol. The van der Waals surface area contributed by atoms with Crippen LogP contribution in [0.5, 0.6) is 0 Å². The molecule has 0 radical (unpaired) electrons. The van der Waals surface area contributed by atoms with Crippen LogP contribution < -0.4 is 0 Å². The van der Waals surface area contributed by atoms with Gasteiger partial charge in [0.2, 0.25) is 0 Å². The summed E-state index contributed by atoms with van der Waals surface area (Å²) >= 11 is 0. The second-order valence-corrected chi connectivity index (χ2v) is 3.88. The Morgan fingerprint density at radius 2 is 2.29 bits per heavy atom. The van der Waals surface area contributed by atoms with Crippen LogP contribution in [0.25, 0.3) is 11.0 Å². The van der Waals surface area contributed by atoms with Crippen LogP contribution in [0.15, 0.2) is 24.5 Å². The van der Waals surface area contributed by atoms with Crippen molar-refractivity contribution in [3.05, 3.63) is 30.1 Å². The summed E-state index contributed by atoms with van der Waals surface area (Å²) in [5.74, 6) is 0.591. The van der Waals surface area contributed by atoms with Crippen molar-refractivity contribution in [2.45, 2.75) is 26.2 Å². The molecule has 1 unspecified atom stereocenters. The predicted molar refractivity (Wildman–Crippen MR) is 59.4 cm³/mol. The van der Waals surface area contributed by atoms with Crippen molar-refractivity contribution < 1.29 is 0 Å². The average Bonchev–Trinajstić information content (AvgIpc) is 2.56. The number of hydrogen-bond donors (Lipinski definition) is 0. The molecule has 0 bridgehead atoms. The zero-order valence-corrected chi connectivity index (χ0v) is 8.99. The van der Waals surface area contributed by atoms with Crippen molar-refractivity contribution in [2.75, 3.05) is 0 Å². The van der Waals surface area contributed by atoms with Crippen LogP contribution in [0, 0.1) is 0 Å². The van der Waals surface area contributed by atoms with Crippen LogP contribution in [-0.2, 0) is 7.05 Å². The van der Waals surface area contributed by atoms with E-state index in [1.54, 1.807) is 0 Å². The fourth-order valence-corrected chi connectivity index (χ4v) is 1.82. The lowest BCUT2D eigenvalue weighted by atomic mass is 10.0. The molecule has 2 nitrogen and oxygen atoms in total. The zero-order chi connectivity index (χ0) is 10.1. The van der Waals surface area contributed by atoms with Gasteiger partial charge < -0.3 is 4.57 Å². The quantitative estimate of drug-likeness (QED) is 0.708. The summed E-state index contributed by atoms with van der Waals surface area (Å²) in [5, 5.41) is 0. The van der Waals surface area contributed by atoms with E-state index in [0.717, 1.165) is 11.9 Å². The monoisotopic (exact) mass is 188 g/mol. The topological polar surface area (TPSA) is 17.8 Å². The highest BCUT2D eigenvalue weighted by atomic mass is 14.9. The third-order valence-electron chi connectivity index (χ3n) is 2.92. The molecule has 0 aromatic carbocycles. The van der Waals surface area contributed by atoms with Gasteiger partial charge >= 0.3 is 0 Å². The molecule has 2 aromatic rings. The van der Waals surface area contributed by atoms with Gasteiger partial charge in [0.05, 0.1) is 11.0 Å². The van der Waals surface area contributed by atoms with E-state index in [9.17, 15) is 0 Å². The summed E-state index contributed by atoms with van der Waals surface area (Å²) in [6.07, 6.45) is 5.23. The third kappa shape index (κ3) is 1.31. The number of aryl methyl sites for hydroxylation is 1. The highest BCUT2D eigenvalue weighted by molar-refractivity contribution is 5.79. The number of hydrogen-bond acceptors (Lipinski definition) is 1. The molecule has 74 valence electrons. The van der Waals surface area contributed by atoms with E-state index in [0.29, 0.717) is 5.92 Å². The Morgan fingerprint density at radius 3 is 3.00 bits per heavy atom. The van der Waals surface area contributed by atoms with Crippen LogP contribution in [0.4, 0.5) is 0 Å². The van der Waals surface area contributed by atoms with E-state index >= 15 is 0 Å². The standard InChI is InChI=1S/C12H16N2/c1-4-9(2)10-8-14(3)11-6-5-7-13-12(10)11/h5-9H,4H2,1-3H3. The Morgan fingerprint density at radius 1 is 1.50 bits per heavy atom. The summed E-state index contributed by atoms with van der Waals surface area (Å²) in [6, 6.07) is 4.11. The Balaban J connectivity index is 2.66. The van der Waals surface area contributed by atoms with Crippen molar-refractivity contribution in [3.63, 3.8) is 0 Å². The van der Waals surface area contributed by atoms with Crippen molar-refractivity contribution in [1.82, 2.24) is 9.55 Å². The second kappa shape index (κ2) is 3.45. The van der Waals surface area contributed by atoms with Crippen LogP contribution in [0.2, 0.25) is 0 Å². The van der Waals surface area contributed by atoms with Crippen LogP contribution in [-0.4, -0.2) is 9.55 Å². The first-order valence-electron chi connectivity index (χ1n) is 5.14. The minimum absolute atomic E-state index is 0.591. The summed E-state index contributed by atoms with van der Waals surface area (Å²) in [6.45, 7) is 4.47. The maximum Gasteiger partial charge on any atom is 0.0915 e. The fourth-order valence-electron chi connectivity index (χ4n) is 1.82. The number of fused-ring (bicyclic) bond motifs is 1. The molecule has 0 aliphatic rings. The number of aromatic nitrogens is 2. The lowest BCUT2D eigenvalue weighted by molar-refractivity contribution is 0.733. The first kappa shape index (κ1) is 9.25. The smallest absolute Gasteiger partial charge is 0.0915 e. The molecule has 0 amide bonds. The molecule has 0 saturated heterocycles. The molecule has 2 heterocycles. The Labute approximate surface area is 84.6 Å². The van der Waals surface area contributed by atoms with Crippen LogP contribution >= 0.6 is 0 Å². The first-order valence-corrected chi connectivity index (χ1v) is 5.14. The van der Waals surface area contributed by atoms with E-state index in [1.165, 1.54) is 11.1 Å². The van der Waals surface area contributed by atoms with Gasteiger partial charge in [0.1, 0.15) is 0 Å². The van der Waals surface area contributed by atoms with Crippen molar-refractivity contribution in [3.8, 4) is 0 Å². The number of nitrogens with zero attached hydrogens (tertiary/aromatic N) is 2. The minimum atomic E-state index is 0.591. The van der Waals surface area contributed by atoms with Gasteiger partial charge in [-0.3, -0.25) is 4.98 Å². The minimum Gasteiger partial charge on any atom is -0.349 e. The number of pyridine rings is 1. The molecule has 0 saturated carbocycles. The molecule has 2 rings (SSSR count). The molecular formula is C12H16N2. The average molecular weight is 188 g/mol. The molecule has 14 heavy (non-hydrogen) atoms. The van der Waals surface area contributed by atoms with E-state index in [1.807, 2.05) is 12.3 Å². The van der Waals surface area contributed by atoms with Gasteiger partial charge in [-0.1, -0.05) is 13.8 Å². The van der Waals surface area contributed by atoms with Gasteiger partial charge in [0.25, 0.3) is 0 Å². The molecule has 0 N–H and O–H groups in total. The van der Waals surface area contributed by atoms with E-state index in [-0.39, 0.29) is 0 Å². The van der Waals surface area contributed by atoms with Gasteiger partial charge in [-0.25, -0.2) is 0 Å². The lowest BCUT2D eigenvalue weighted by Gasteiger charge is -2.04. The third-order valence-corrected chi connectivity index (χ3v) is 2.92. The van der Waals surface area contributed by atoms with Crippen LogP contribution in [0.1, 0.15) is 31.7 Å². The zero-order valence-electron chi connectivity index (χ0n) is 8.99. The fraction of sp³-hybridized carbons (Fsp3) is 0.417. The van der Waals surface area contributed by atoms with Crippen molar-refractivity contribution in [1.29, 1.82) is 0 Å². The van der Waals surface area contributed by atoms with Gasteiger partial charge in [-0.15, -0.1) is 0 Å². The Bertz CT molecular complexity index is 443. The summed E-state index contributed by atoms with van der Waals surface area (Å²) in [7, 11) is 2.08. The number of rotatable bonds is 2. The van der Waals surface area contributed by atoms with Gasteiger partial charge in [0.15, 0.2) is 0 Å². The SMILES string of the molecule is CCC(C)c1cn(C)c2cccnc12. The maximum atomic E-state index is 4.45. The molecule has 1 atom stereocenters. The molecule has 0 fully saturated rings. The highest BCUT2D eigenvalue weighted by Gasteiger charge is 2.11. The lowest BCUT2D eigenvalue weighted by Crippen LogP contribution is -1.90. The highest BCUT2D eigenvalue weighted by Crippen LogP contribution is 2.26. The Hall–Kier alpha value is -1.31. The molecule has 2 heteroatoms. The summed E-state index contributed by atoms with van der Waals surface area (Å²) < 4.78 is 2.16. The normalized spacial score (nSPS) is 13.4. The second-order valence-electron chi connectivity index (χ2n) is 3.88. The van der Waals surface area contributed by atoms with E-state index in [2.05, 4.69) is 42.7 Å². The van der Waals surface area contributed by atoms with Crippen molar-refractivity contribution in [2.24, 2.45) is 7.05 Å². The molecule has 2 aromatic heterocycles. The Kier molecular flexibility index (Phi) is 2.28.